The van der Waals surface area contributed by atoms with Crippen LogP contribution in [0.4, 0.5) is 24.5 Å². The molecule has 1 aliphatic carbocycles. The topological polar surface area (TPSA) is 62.5 Å². The zero-order valence-corrected chi connectivity index (χ0v) is 21.3. The predicted octanol–water partition coefficient (Wildman–Crippen LogP) is 6.68. The van der Waals surface area contributed by atoms with Crippen molar-refractivity contribution in [3.63, 3.8) is 0 Å². The zero-order valence-electron chi connectivity index (χ0n) is 21.3. The van der Waals surface area contributed by atoms with Gasteiger partial charge in [-0.15, -0.1) is 0 Å². The molecule has 1 fully saturated rings. The van der Waals surface area contributed by atoms with E-state index >= 15 is 0 Å². The van der Waals surface area contributed by atoms with Gasteiger partial charge in [-0.25, -0.2) is 0 Å². The van der Waals surface area contributed by atoms with Gasteiger partial charge in [-0.05, 0) is 66.8 Å². The minimum Gasteiger partial charge on any atom is -0.399 e. The maximum Gasteiger partial charge on any atom is 0.416 e. The highest BCUT2D eigenvalue weighted by atomic mass is 19.4. The number of nitrogens with zero attached hydrogens (tertiary/aromatic N) is 3. The van der Waals surface area contributed by atoms with Gasteiger partial charge in [-0.3, -0.25) is 9.78 Å². The van der Waals surface area contributed by atoms with Crippen molar-refractivity contribution < 1.29 is 18.0 Å². The Morgan fingerprint density at radius 1 is 1.00 bits per heavy atom. The van der Waals surface area contributed by atoms with Gasteiger partial charge < -0.3 is 15.5 Å². The van der Waals surface area contributed by atoms with Crippen molar-refractivity contribution in [3.8, 4) is 0 Å². The molecule has 200 valence electrons. The normalized spacial score (nSPS) is 18.3. The third-order valence-corrected chi connectivity index (χ3v) is 7.84. The Morgan fingerprint density at radius 3 is 2.45 bits per heavy atom. The van der Waals surface area contributed by atoms with E-state index in [0.717, 1.165) is 41.9 Å². The molecule has 2 heterocycles. The zero-order chi connectivity index (χ0) is 26.7. The van der Waals surface area contributed by atoms with E-state index in [4.69, 9.17) is 5.73 Å². The first-order chi connectivity index (χ1) is 18.3. The number of amides is 1. The van der Waals surface area contributed by atoms with Gasteiger partial charge in [0.05, 0.1) is 17.8 Å². The number of benzene rings is 2. The average molecular weight is 523 g/mol. The molecular weight excluding hydrogens is 489 g/mol. The monoisotopic (exact) mass is 522 g/mol. The third-order valence-electron chi connectivity index (χ3n) is 7.84. The van der Waals surface area contributed by atoms with Gasteiger partial charge >= 0.3 is 6.18 Å². The SMILES string of the molecule is Nc1ccnc(CN2c3ccccc3CN(C(=O)c3ccc(C(F)(F)F)cc3)CC2CCC2CCCC2)c1. The molecule has 5 nitrogen and oxygen atoms in total. The Morgan fingerprint density at radius 2 is 1.74 bits per heavy atom. The number of hydrogen-bond acceptors (Lipinski definition) is 4. The van der Waals surface area contributed by atoms with Gasteiger partial charge in [0.15, 0.2) is 0 Å². The number of anilines is 2. The Balaban J connectivity index is 1.46. The van der Waals surface area contributed by atoms with E-state index in [9.17, 15) is 18.0 Å². The van der Waals surface area contributed by atoms with Crippen molar-refractivity contribution in [2.45, 2.75) is 63.8 Å². The van der Waals surface area contributed by atoms with Crippen LogP contribution in [0.15, 0.2) is 66.9 Å². The lowest BCUT2D eigenvalue weighted by molar-refractivity contribution is -0.137. The van der Waals surface area contributed by atoms with E-state index < -0.39 is 11.7 Å². The van der Waals surface area contributed by atoms with Crippen LogP contribution in [0.1, 0.15) is 65.7 Å². The maximum absolute atomic E-state index is 13.6. The number of aromatic nitrogens is 1. The van der Waals surface area contributed by atoms with E-state index in [1.807, 2.05) is 24.3 Å². The number of nitrogens with two attached hydrogens (primary N) is 1. The molecule has 0 radical (unpaired) electrons. The standard InChI is InChI=1S/C30H33F3N4O/c31-30(32,33)24-12-10-22(11-13-24)29(38)36-18-23-7-3-4-8-28(23)37(19-26-17-25(34)15-16-35-26)27(20-36)14-9-21-5-1-2-6-21/h3-4,7-8,10-13,15-17,21,27H,1-2,5-6,9,14,18-20H2,(H2,34,35). The molecule has 2 aliphatic rings. The molecule has 0 bridgehead atoms. The van der Waals surface area contributed by atoms with Crippen LogP contribution in [0.3, 0.4) is 0 Å². The number of alkyl halides is 3. The summed E-state index contributed by atoms with van der Waals surface area (Å²) in [5, 5.41) is 0. The van der Waals surface area contributed by atoms with Gasteiger partial charge in [0.1, 0.15) is 0 Å². The Kier molecular flexibility index (Phi) is 7.58. The largest absolute Gasteiger partial charge is 0.416 e. The van der Waals surface area contributed by atoms with Crippen molar-refractivity contribution in [2.24, 2.45) is 5.92 Å². The fraction of sp³-hybridized carbons (Fsp3) is 0.400. The number of carbonyl (C=O) groups is 1. The predicted molar refractivity (Wildman–Crippen MR) is 142 cm³/mol. The number of para-hydroxylation sites is 1. The second-order valence-corrected chi connectivity index (χ2v) is 10.5. The molecule has 0 spiro atoms. The van der Waals surface area contributed by atoms with Gasteiger partial charge in [0, 0.05) is 42.3 Å². The fourth-order valence-electron chi connectivity index (χ4n) is 5.83. The summed E-state index contributed by atoms with van der Waals surface area (Å²) in [6.45, 7) is 1.42. The number of fused-ring (bicyclic) bond motifs is 1. The molecule has 1 aliphatic heterocycles. The summed E-state index contributed by atoms with van der Waals surface area (Å²) in [5.74, 6) is 0.434. The first-order valence-corrected chi connectivity index (χ1v) is 13.3. The lowest BCUT2D eigenvalue weighted by Gasteiger charge is -2.35. The van der Waals surface area contributed by atoms with Crippen molar-refractivity contribution >= 4 is 17.3 Å². The van der Waals surface area contributed by atoms with Crippen LogP contribution in [0.5, 0.6) is 0 Å². The first-order valence-electron chi connectivity index (χ1n) is 13.3. The second kappa shape index (κ2) is 11.1. The summed E-state index contributed by atoms with van der Waals surface area (Å²) in [7, 11) is 0. The number of hydrogen-bond donors (Lipinski definition) is 1. The molecule has 1 atom stereocenters. The second-order valence-electron chi connectivity index (χ2n) is 10.5. The molecule has 5 rings (SSSR count). The lowest BCUT2D eigenvalue weighted by Crippen LogP contribution is -2.43. The van der Waals surface area contributed by atoms with Crippen LogP contribution in [0.25, 0.3) is 0 Å². The molecule has 3 aromatic rings. The van der Waals surface area contributed by atoms with Crippen molar-refractivity contribution in [2.75, 3.05) is 17.2 Å². The van der Waals surface area contributed by atoms with Crippen molar-refractivity contribution in [3.05, 3.63) is 89.2 Å². The summed E-state index contributed by atoms with van der Waals surface area (Å²) >= 11 is 0. The third kappa shape index (κ3) is 5.95. The molecular formula is C30H33F3N4O. The highest BCUT2D eigenvalue weighted by molar-refractivity contribution is 5.94. The average Bonchev–Trinajstić information content (AvgIpc) is 3.37. The van der Waals surface area contributed by atoms with Gasteiger partial charge in [0.25, 0.3) is 5.91 Å². The Bertz CT molecular complexity index is 1250. The highest BCUT2D eigenvalue weighted by Crippen LogP contribution is 2.35. The molecule has 2 aromatic carbocycles. The van der Waals surface area contributed by atoms with Crippen LogP contribution in [-0.4, -0.2) is 28.4 Å². The smallest absolute Gasteiger partial charge is 0.399 e. The number of pyridine rings is 1. The first kappa shape index (κ1) is 26.1. The van der Waals surface area contributed by atoms with E-state index in [1.165, 1.54) is 37.8 Å². The number of nitrogen functional groups attached to an aromatic ring is 1. The van der Waals surface area contributed by atoms with Crippen molar-refractivity contribution in [1.29, 1.82) is 0 Å². The molecule has 1 unspecified atom stereocenters. The molecule has 8 heteroatoms. The number of halogens is 3. The van der Waals surface area contributed by atoms with E-state index in [2.05, 4.69) is 16.0 Å². The summed E-state index contributed by atoms with van der Waals surface area (Å²) in [6.07, 6.45) is 4.30. The number of rotatable bonds is 6. The van der Waals surface area contributed by atoms with Crippen LogP contribution in [-0.2, 0) is 19.3 Å². The van der Waals surface area contributed by atoms with Crippen LogP contribution < -0.4 is 10.6 Å². The molecule has 38 heavy (non-hydrogen) atoms. The molecule has 1 saturated carbocycles. The van der Waals surface area contributed by atoms with Crippen LogP contribution >= 0.6 is 0 Å². The number of carbonyl (C=O) groups excluding carboxylic acids is 1. The van der Waals surface area contributed by atoms with E-state index in [-0.39, 0.29) is 17.5 Å². The summed E-state index contributed by atoms with van der Waals surface area (Å²) in [4.78, 5) is 22.3. The summed E-state index contributed by atoms with van der Waals surface area (Å²) in [6, 6.07) is 16.2. The quantitative estimate of drug-likeness (QED) is 0.392. The van der Waals surface area contributed by atoms with Crippen molar-refractivity contribution in [1.82, 2.24) is 9.88 Å². The highest BCUT2D eigenvalue weighted by Gasteiger charge is 2.33. The van der Waals surface area contributed by atoms with Gasteiger partial charge in [-0.2, -0.15) is 13.2 Å². The van der Waals surface area contributed by atoms with Gasteiger partial charge in [0.2, 0.25) is 0 Å². The Labute approximate surface area is 221 Å². The molecule has 2 N–H and O–H groups in total. The van der Waals surface area contributed by atoms with Gasteiger partial charge in [-0.1, -0.05) is 43.9 Å². The molecule has 1 aromatic heterocycles. The molecule has 0 saturated heterocycles. The Hall–Kier alpha value is -3.55. The molecule has 1 amide bonds. The fourth-order valence-corrected chi connectivity index (χ4v) is 5.83. The maximum atomic E-state index is 13.6. The van der Waals surface area contributed by atoms with E-state index in [1.54, 1.807) is 17.2 Å². The van der Waals surface area contributed by atoms with E-state index in [0.29, 0.717) is 31.2 Å². The lowest BCUT2D eigenvalue weighted by atomic mass is 9.97. The minimum absolute atomic E-state index is 0.0286. The summed E-state index contributed by atoms with van der Waals surface area (Å²) < 4.78 is 39.3. The van der Waals surface area contributed by atoms with Crippen LogP contribution in [0.2, 0.25) is 0 Å². The summed E-state index contributed by atoms with van der Waals surface area (Å²) in [5.41, 5.74) is 9.11. The van der Waals surface area contributed by atoms with Crippen LogP contribution in [0, 0.1) is 5.92 Å². The minimum atomic E-state index is -4.44.